The van der Waals surface area contributed by atoms with E-state index in [1.54, 1.807) is 0 Å². The molecule has 1 heterocycles. The molecule has 0 aromatic heterocycles. The van der Waals surface area contributed by atoms with E-state index < -0.39 is 11.7 Å². The summed E-state index contributed by atoms with van der Waals surface area (Å²) in [6.45, 7) is -0.0677. The first-order valence-corrected chi connectivity index (χ1v) is 5.02. The first kappa shape index (κ1) is 11.3. The Morgan fingerprint density at radius 1 is 1.86 bits per heavy atom. The Balaban J connectivity index is 2.33. The molecular formula is C7H12FN3O2S. The van der Waals surface area contributed by atoms with E-state index in [4.69, 9.17) is 21.0 Å². The average Bonchev–Trinajstić information content (AvgIpc) is 2.61. The molecule has 1 rings (SSSR count). The Hall–Kier alpha value is -0.790. The fourth-order valence-corrected chi connectivity index (χ4v) is 1.77. The Kier molecular flexibility index (Phi) is 4.18. The van der Waals surface area contributed by atoms with Gasteiger partial charge in [0.2, 0.25) is 0 Å². The third-order valence-corrected chi connectivity index (χ3v) is 2.68. The molecule has 1 saturated heterocycles. The summed E-state index contributed by atoms with van der Waals surface area (Å²) in [7, 11) is 0. The molecule has 2 atom stereocenters. The SMILES string of the molecule is N=C(N)/C(F)=C\N[C@H]1CS[C@@H](CO)O1. The summed E-state index contributed by atoms with van der Waals surface area (Å²) >= 11 is 1.44. The van der Waals surface area contributed by atoms with Crippen LogP contribution < -0.4 is 11.1 Å². The third-order valence-electron chi connectivity index (χ3n) is 1.55. The van der Waals surface area contributed by atoms with Gasteiger partial charge in [-0.3, -0.25) is 5.41 Å². The van der Waals surface area contributed by atoms with E-state index in [1.165, 1.54) is 11.8 Å². The molecule has 0 unspecified atom stereocenters. The molecule has 1 fully saturated rings. The van der Waals surface area contributed by atoms with Crippen molar-refractivity contribution >= 4 is 17.6 Å². The maximum Gasteiger partial charge on any atom is 0.180 e. The van der Waals surface area contributed by atoms with Crippen molar-refractivity contribution in [1.82, 2.24) is 5.32 Å². The maximum atomic E-state index is 12.7. The number of amidine groups is 1. The minimum atomic E-state index is -0.828. The topological polar surface area (TPSA) is 91.4 Å². The van der Waals surface area contributed by atoms with E-state index in [9.17, 15) is 4.39 Å². The van der Waals surface area contributed by atoms with Crippen molar-refractivity contribution < 1.29 is 14.2 Å². The van der Waals surface area contributed by atoms with Crippen molar-refractivity contribution in [3.63, 3.8) is 0 Å². The third kappa shape index (κ3) is 3.17. The average molecular weight is 221 g/mol. The number of thioether (sulfide) groups is 1. The first-order valence-electron chi connectivity index (χ1n) is 3.97. The van der Waals surface area contributed by atoms with Crippen LogP contribution in [0.1, 0.15) is 0 Å². The van der Waals surface area contributed by atoms with Gasteiger partial charge >= 0.3 is 0 Å². The van der Waals surface area contributed by atoms with Gasteiger partial charge in [-0.1, -0.05) is 0 Å². The van der Waals surface area contributed by atoms with Crippen LogP contribution in [-0.2, 0) is 4.74 Å². The lowest BCUT2D eigenvalue weighted by Crippen LogP contribution is -2.28. The summed E-state index contributed by atoms with van der Waals surface area (Å²) in [4.78, 5) is 0. The lowest BCUT2D eigenvalue weighted by atomic mass is 10.5. The van der Waals surface area contributed by atoms with Crippen LogP contribution in [0.15, 0.2) is 12.0 Å². The van der Waals surface area contributed by atoms with Gasteiger partial charge in [0.25, 0.3) is 0 Å². The lowest BCUT2D eigenvalue weighted by Gasteiger charge is -2.10. The molecule has 0 radical (unpaired) electrons. The molecule has 1 aliphatic heterocycles. The molecule has 0 aromatic rings. The van der Waals surface area contributed by atoms with E-state index in [2.05, 4.69) is 5.32 Å². The molecule has 0 saturated carbocycles. The molecule has 14 heavy (non-hydrogen) atoms. The van der Waals surface area contributed by atoms with Crippen LogP contribution >= 0.6 is 11.8 Å². The zero-order valence-corrected chi connectivity index (χ0v) is 8.18. The first-order chi connectivity index (χ1) is 6.63. The number of nitrogens with two attached hydrogens (primary N) is 1. The maximum absolute atomic E-state index is 12.7. The minimum absolute atomic E-state index is 0.0677. The quantitative estimate of drug-likeness (QED) is 0.387. The molecule has 1 aliphatic rings. The van der Waals surface area contributed by atoms with Crippen molar-refractivity contribution in [2.45, 2.75) is 11.7 Å². The van der Waals surface area contributed by atoms with Gasteiger partial charge in [0.1, 0.15) is 11.7 Å². The number of aliphatic hydroxyl groups is 1. The minimum Gasteiger partial charge on any atom is -0.393 e. The highest BCUT2D eigenvalue weighted by atomic mass is 32.2. The van der Waals surface area contributed by atoms with E-state index in [1.807, 2.05) is 0 Å². The zero-order valence-electron chi connectivity index (χ0n) is 7.37. The van der Waals surface area contributed by atoms with Crippen LogP contribution in [-0.4, -0.2) is 35.0 Å². The number of hydrogen-bond donors (Lipinski definition) is 4. The molecular weight excluding hydrogens is 209 g/mol. The Morgan fingerprint density at radius 3 is 3.07 bits per heavy atom. The molecule has 80 valence electrons. The van der Waals surface area contributed by atoms with Gasteiger partial charge in [-0.25, -0.2) is 4.39 Å². The number of hydrogen-bond acceptors (Lipinski definition) is 5. The highest BCUT2D eigenvalue weighted by Gasteiger charge is 2.24. The van der Waals surface area contributed by atoms with E-state index in [0.717, 1.165) is 6.20 Å². The second-order valence-electron chi connectivity index (χ2n) is 2.64. The number of nitrogens with one attached hydrogen (secondary N) is 2. The highest BCUT2D eigenvalue weighted by molar-refractivity contribution is 8.00. The van der Waals surface area contributed by atoms with Crippen LogP contribution in [0.25, 0.3) is 0 Å². The highest BCUT2D eigenvalue weighted by Crippen LogP contribution is 2.23. The zero-order chi connectivity index (χ0) is 10.6. The smallest absolute Gasteiger partial charge is 0.180 e. The number of rotatable bonds is 4. The normalized spacial score (nSPS) is 27.7. The second-order valence-corrected chi connectivity index (χ2v) is 3.84. The van der Waals surface area contributed by atoms with Crippen LogP contribution in [0.4, 0.5) is 4.39 Å². The largest absolute Gasteiger partial charge is 0.393 e. The summed E-state index contributed by atoms with van der Waals surface area (Å²) in [5.41, 5.74) is 4.63. The van der Waals surface area contributed by atoms with Crippen molar-refractivity contribution in [2.75, 3.05) is 12.4 Å². The van der Waals surface area contributed by atoms with Gasteiger partial charge in [0, 0.05) is 12.0 Å². The summed E-state index contributed by atoms with van der Waals surface area (Å²) in [6, 6.07) is 0. The molecule has 0 aliphatic carbocycles. The predicted molar refractivity (Wildman–Crippen MR) is 52.4 cm³/mol. The summed E-state index contributed by atoms with van der Waals surface area (Å²) in [5, 5.41) is 18.1. The molecule has 0 aromatic carbocycles. The Bertz CT molecular complexity index is 249. The molecule has 0 bridgehead atoms. The van der Waals surface area contributed by atoms with E-state index in [-0.39, 0.29) is 18.3 Å². The van der Waals surface area contributed by atoms with Gasteiger partial charge in [0.15, 0.2) is 11.7 Å². The van der Waals surface area contributed by atoms with E-state index >= 15 is 0 Å². The number of ether oxygens (including phenoxy) is 1. The molecule has 0 spiro atoms. The Morgan fingerprint density at radius 2 is 2.57 bits per heavy atom. The Labute approximate surface area is 85.0 Å². The second kappa shape index (κ2) is 5.18. The summed E-state index contributed by atoms with van der Waals surface area (Å²) in [5.74, 6) is -0.833. The van der Waals surface area contributed by atoms with Crippen molar-refractivity contribution in [2.24, 2.45) is 5.73 Å². The van der Waals surface area contributed by atoms with Crippen LogP contribution in [0.5, 0.6) is 0 Å². The monoisotopic (exact) mass is 221 g/mol. The van der Waals surface area contributed by atoms with Crippen molar-refractivity contribution in [3.05, 3.63) is 12.0 Å². The van der Waals surface area contributed by atoms with Gasteiger partial charge in [0.05, 0.1) is 6.61 Å². The van der Waals surface area contributed by atoms with Gasteiger partial charge in [-0.2, -0.15) is 0 Å². The number of aliphatic hydroxyl groups excluding tert-OH is 1. The predicted octanol–water partition coefficient (Wildman–Crippen LogP) is -0.269. The lowest BCUT2D eigenvalue weighted by molar-refractivity contribution is 0.0247. The van der Waals surface area contributed by atoms with Gasteiger partial charge < -0.3 is 20.9 Å². The van der Waals surface area contributed by atoms with Crippen molar-refractivity contribution in [3.8, 4) is 0 Å². The fourth-order valence-electron chi connectivity index (χ4n) is 0.883. The molecule has 5 nitrogen and oxygen atoms in total. The molecule has 0 amide bonds. The van der Waals surface area contributed by atoms with Crippen LogP contribution in [0, 0.1) is 5.41 Å². The van der Waals surface area contributed by atoms with Crippen LogP contribution in [0.3, 0.4) is 0 Å². The van der Waals surface area contributed by atoms with Gasteiger partial charge in [-0.05, 0) is 0 Å². The van der Waals surface area contributed by atoms with Crippen molar-refractivity contribution in [1.29, 1.82) is 5.41 Å². The van der Waals surface area contributed by atoms with Gasteiger partial charge in [-0.15, -0.1) is 11.8 Å². The standard InChI is InChI=1S/C7H12FN3O2S/c8-4(7(9)10)1-11-5-3-14-6(2-12)13-5/h1,5-6,11-12H,2-3H2,(H3,9,10)/b4-1+/t5-,6+/m1/s1. The molecule has 7 heteroatoms. The van der Waals surface area contributed by atoms with E-state index in [0.29, 0.717) is 5.75 Å². The summed E-state index contributed by atoms with van der Waals surface area (Å²) in [6.07, 6.45) is 0.648. The summed E-state index contributed by atoms with van der Waals surface area (Å²) < 4.78 is 17.9. The fraction of sp³-hybridized carbons (Fsp3) is 0.571. The molecule has 5 N–H and O–H groups in total. The number of halogens is 1. The van der Waals surface area contributed by atoms with Crippen LogP contribution in [0.2, 0.25) is 0 Å².